The number of hydrogen-bond acceptors (Lipinski definition) is 3. The maximum atomic E-state index is 5.40. The molecule has 3 N–H and O–H groups in total. The molecular weight excluding hydrogens is 164 g/mol. The zero-order chi connectivity index (χ0) is 10.2. The quantitative estimate of drug-likeness (QED) is 0.558. The number of hydrogen-bond donors (Lipinski definition) is 2. The first-order valence-electron chi connectivity index (χ1n) is 5.02. The lowest BCUT2D eigenvalue weighted by Gasteiger charge is -2.24. The van der Waals surface area contributed by atoms with Gasteiger partial charge < -0.3 is 15.8 Å². The van der Waals surface area contributed by atoms with Crippen LogP contribution < -0.4 is 11.1 Å². The molecule has 0 aliphatic heterocycles. The van der Waals surface area contributed by atoms with Crippen LogP contribution in [0.15, 0.2) is 0 Å². The van der Waals surface area contributed by atoms with Crippen molar-refractivity contribution in [3.05, 3.63) is 0 Å². The van der Waals surface area contributed by atoms with E-state index >= 15 is 0 Å². The summed E-state index contributed by atoms with van der Waals surface area (Å²) in [5.74, 6) is 0. The molecule has 0 aromatic carbocycles. The van der Waals surface area contributed by atoms with Gasteiger partial charge in [0, 0.05) is 20.3 Å². The Morgan fingerprint density at radius 3 is 2.62 bits per heavy atom. The van der Waals surface area contributed by atoms with E-state index in [4.69, 9.17) is 10.5 Å². The highest BCUT2D eigenvalue weighted by molar-refractivity contribution is 4.71. The van der Waals surface area contributed by atoms with Crippen LogP contribution in [0.4, 0.5) is 0 Å². The first-order chi connectivity index (χ1) is 6.12. The fourth-order valence-electron chi connectivity index (χ4n) is 1.12. The second kappa shape index (κ2) is 7.30. The van der Waals surface area contributed by atoms with Gasteiger partial charge in [-0.3, -0.25) is 0 Å². The van der Waals surface area contributed by atoms with E-state index in [2.05, 4.69) is 19.2 Å². The minimum absolute atomic E-state index is 0.324. The standard InChI is InChI=1S/C10H24N2O/c1-10(2,5-8-13-3)9-12-7-4-6-11/h12H,4-9,11H2,1-3H3. The van der Waals surface area contributed by atoms with Gasteiger partial charge >= 0.3 is 0 Å². The van der Waals surface area contributed by atoms with E-state index in [0.29, 0.717) is 5.41 Å². The highest BCUT2D eigenvalue weighted by Gasteiger charge is 2.16. The Kier molecular flexibility index (Phi) is 7.23. The topological polar surface area (TPSA) is 47.3 Å². The number of nitrogens with one attached hydrogen (secondary N) is 1. The summed E-state index contributed by atoms with van der Waals surface area (Å²) in [6.45, 7) is 8.17. The Morgan fingerprint density at radius 2 is 2.08 bits per heavy atom. The molecular formula is C10H24N2O. The SMILES string of the molecule is COCCC(C)(C)CNCCCN. The first kappa shape index (κ1) is 12.9. The fraction of sp³-hybridized carbons (Fsp3) is 1.00. The monoisotopic (exact) mass is 188 g/mol. The Hall–Kier alpha value is -0.120. The minimum Gasteiger partial charge on any atom is -0.385 e. The third kappa shape index (κ3) is 8.22. The van der Waals surface area contributed by atoms with Gasteiger partial charge in [0.05, 0.1) is 0 Å². The summed E-state index contributed by atoms with van der Waals surface area (Å²) in [6, 6.07) is 0. The van der Waals surface area contributed by atoms with Crippen molar-refractivity contribution in [1.82, 2.24) is 5.32 Å². The molecule has 0 bridgehead atoms. The van der Waals surface area contributed by atoms with Crippen molar-refractivity contribution in [2.45, 2.75) is 26.7 Å². The van der Waals surface area contributed by atoms with E-state index in [9.17, 15) is 0 Å². The van der Waals surface area contributed by atoms with E-state index in [-0.39, 0.29) is 0 Å². The molecule has 3 heteroatoms. The van der Waals surface area contributed by atoms with Gasteiger partial charge in [-0.05, 0) is 31.3 Å². The molecule has 0 saturated heterocycles. The van der Waals surface area contributed by atoms with Gasteiger partial charge in [-0.25, -0.2) is 0 Å². The lowest BCUT2D eigenvalue weighted by Crippen LogP contribution is -2.31. The number of nitrogens with two attached hydrogens (primary N) is 1. The lowest BCUT2D eigenvalue weighted by atomic mass is 9.90. The average molecular weight is 188 g/mol. The lowest BCUT2D eigenvalue weighted by molar-refractivity contribution is 0.151. The molecule has 0 aliphatic rings. The van der Waals surface area contributed by atoms with Gasteiger partial charge in [-0.2, -0.15) is 0 Å². The predicted octanol–water partition coefficient (Wildman–Crippen LogP) is 0.987. The van der Waals surface area contributed by atoms with E-state index in [1.807, 2.05) is 0 Å². The molecule has 0 aromatic heterocycles. The Balaban J connectivity index is 3.39. The van der Waals surface area contributed by atoms with Crippen molar-refractivity contribution in [3.63, 3.8) is 0 Å². The summed E-state index contributed by atoms with van der Waals surface area (Å²) in [7, 11) is 1.75. The Morgan fingerprint density at radius 1 is 1.38 bits per heavy atom. The second-order valence-corrected chi connectivity index (χ2v) is 4.23. The van der Waals surface area contributed by atoms with Gasteiger partial charge in [-0.1, -0.05) is 13.8 Å². The van der Waals surface area contributed by atoms with Crippen LogP contribution in [-0.2, 0) is 4.74 Å². The van der Waals surface area contributed by atoms with E-state index in [1.165, 1.54) is 0 Å². The molecule has 0 fully saturated rings. The molecule has 0 heterocycles. The molecule has 80 valence electrons. The van der Waals surface area contributed by atoms with Gasteiger partial charge in [0.2, 0.25) is 0 Å². The molecule has 0 spiro atoms. The third-order valence-electron chi connectivity index (χ3n) is 2.14. The summed E-state index contributed by atoms with van der Waals surface area (Å²) < 4.78 is 5.06. The van der Waals surface area contributed by atoms with Crippen LogP contribution in [0.1, 0.15) is 26.7 Å². The molecule has 0 amide bonds. The molecule has 0 aromatic rings. The molecule has 3 nitrogen and oxygen atoms in total. The molecule has 13 heavy (non-hydrogen) atoms. The number of methoxy groups -OCH3 is 1. The van der Waals surface area contributed by atoms with Crippen LogP contribution in [-0.4, -0.2) is 33.4 Å². The predicted molar refractivity (Wildman–Crippen MR) is 56.8 cm³/mol. The summed E-state index contributed by atoms with van der Waals surface area (Å²) in [6.07, 6.45) is 2.15. The first-order valence-corrected chi connectivity index (χ1v) is 5.02. The zero-order valence-electron chi connectivity index (χ0n) is 9.23. The summed E-state index contributed by atoms with van der Waals surface area (Å²) in [5.41, 5.74) is 5.72. The maximum Gasteiger partial charge on any atom is 0.0467 e. The Bertz CT molecular complexity index is 115. The molecule has 0 atom stereocenters. The maximum absolute atomic E-state index is 5.40. The van der Waals surface area contributed by atoms with Crippen molar-refractivity contribution in [2.75, 3.05) is 33.4 Å². The summed E-state index contributed by atoms with van der Waals surface area (Å²) >= 11 is 0. The summed E-state index contributed by atoms with van der Waals surface area (Å²) in [4.78, 5) is 0. The van der Waals surface area contributed by atoms with Crippen LogP contribution in [0.5, 0.6) is 0 Å². The number of ether oxygens (including phenoxy) is 1. The van der Waals surface area contributed by atoms with E-state index in [1.54, 1.807) is 7.11 Å². The van der Waals surface area contributed by atoms with Crippen molar-refractivity contribution in [3.8, 4) is 0 Å². The average Bonchev–Trinajstić information content (AvgIpc) is 2.09. The van der Waals surface area contributed by atoms with Gasteiger partial charge in [-0.15, -0.1) is 0 Å². The van der Waals surface area contributed by atoms with Gasteiger partial charge in [0.25, 0.3) is 0 Å². The molecule has 0 rings (SSSR count). The smallest absolute Gasteiger partial charge is 0.0467 e. The van der Waals surface area contributed by atoms with Gasteiger partial charge in [0.1, 0.15) is 0 Å². The highest BCUT2D eigenvalue weighted by Crippen LogP contribution is 2.18. The largest absolute Gasteiger partial charge is 0.385 e. The third-order valence-corrected chi connectivity index (χ3v) is 2.14. The van der Waals surface area contributed by atoms with Gasteiger partial charge in [0.15, 0.2) is 0 Å². The number of rotatable bonds is 8. The molecule has 0 unspecified atom stereocenters. The van der Waals surface area contributed by atoms with E-state index in [0.717, 1.165) is 39.1 Å². The second-order valence-electron chi connectivity index (χ2n) is 4.23. The highest BCUT2D eigenvalue weighted by atomic mass is 16.5. The normalized spacial score (nSPS) is 12.0. The molecule has 0 saturated carbocycles. The minimum atomic E-state index is 0.324. The van der Waals surface area contributed by atoms with Crippen LogP contribution in [0.25, 0.3) is 0 Å². The van der Waals surface area contributed by atoms with Crippen molar-refractivity contribution >= 4 is 0 Å². The Labute approximate surface area is 82.0 Å². The molecule has 0 aliphatic carbocycles. The van der Waals surface area contributed by atoms with Crippen LogP contribution >= 0.6 is 0 Å². The molecule has 0 radical (unpaired) electrons. The van der Waals surface area contributed by atoms with Crippen LogP contribution in [0.2, 0.25) is 0 Å². The van der Waals surface area contributed by atoms with Crippen LogP contribution in [0.3, 0.4) is 0 Å². The van der Waals surface area contributed by atoms with Crippen molar-refractivity contribution in [1.29, 1.82) is 0 Å². The van der Waals surface area contributed by atoms with Crippen LogP contribution in [0, 0.1) is 5.41 Å². The summed E-state index contributed by atoms with van der Waals surface area (Å²) in [5, 5.41) is 3.40. The van der Waals surface area contributed by atoms with Crippen molar-refractivity contribution < 1.29 is 4.74 Å². The zero-order valence-corrected chi connectivity index (χ0v) is 9.23. The van der Waals surface area contributed by atoms with Crippen molar-refractivity contribution in [2.24, 2.45) is 11.1 Å². The fourth-order valence-corrected chi connectivity index (χ4v) is 1.12. The van der Waals surface area contributed by atoms with E-state index < -0.39 is 0 Å².